The summed E-state index contributed by atoms with van der Waals surface area (Å²) >= 11 is 6.00. The third kappa shape index (κ3) is 3.69. The minimum atomic E-state index is -1.05. The highest BCUT2D eigenvalue weighted by Crippen LogP contribution is 2.28. The van der Waals surface area contributed by atoms with Gasteiger partial charge in [0.25, 0.3) is 5.91 Å². The van der Waals surface area contributed by atoms with Gasteiger partial charge in [-0.3, -0.25) is 4.79 Å². The van der Waals surface area contributed by atoms with Gasteiger partial charge in [0.05, 0.1) is 12.1 Å². The number of nitrogens with one attached hydrogen (secondary N) is 1. The van der Waals surface area contributed by atoms with Crippen molar-refractivity contribution in [3.63, 3.8) is 0 Å². The Balaban J connectivity index is 1.98. The number of nitrogens with zero attached hydrogens (tertiary/aromatic N) is 1. The van der Waals surface area contributed by atoms with Crippen molar-refractivity contribution in [2.24, 2.45) is 0 Å². The Morgan fingerprint density at radius 1 is 1.16 bits per heavy atom. The van der Waals surface area contributed by atoms with E-state index in [1.165, 1.54) is 12.1 Å². The molecule has 0 fully saturated rings. The number of ether oxygens (including phenoxy) is 1. The standard InChI is InChI=1S/C18H13ClF2N2O2/c1-2-25-17-9-16(23-15-6-3-10(19)7-12(15)17)18(24)22-11-4-5-13(20)14(21)8-11/h3-9H,2H2,1H3,(H,22,24). The van der Waals surface area contributed by atoms with E-state index in [1.54, 1.807) is 18.2 Å². The highest BCUT2D eigenvalue weighted by atomic mass is 35.5. The fourth-order valence-electron chi connectivity index (χ4n) is 2.33. The van der Waals surface area contributed by atoms with Gasteiger partial charge in [-0.1, -0.05) is 11.6 Å². The van der Waals surface area contributed by atoms with Crippen molar-refractivity contribution in [1.82, 2.24) is 4.98 Å². The molecule has 0 atom stereocenters. The Kier molecular flexibility index (Phi) is 4.81. The van der Waals surface area contributed by atoms with Crippen molar-refractivity contribution in [2.75, 3.05) is 11.9 Å². The molecule has 0 aliphatic carbocycles. The SMILES string of the molecule is CCOc1cc(C(=O)Nc2ccc(F)c(F)c2)nc2ccc(Cl)cc12. The van der Waals surface area contributed by atoms with Crippen LogP contribution < -0.4 is 10.1 Å². The third-order valence-corrected chi connectivity index (χ3v) is 3.68. The monoisotopic (exact) mass is 362 g/mol. The molecule has 128 valence electrons. The van der Waals surface area contributed by atoms with Crippen LogP contribution >= 0.6 is 11.6 Å². The smallest absolute Gasteiger partial charge is 0.274 e. The summed E-state index contributed by atoms with van der Waals surface area (Å²) in [4.78, 5) is 16.7. The van der Waals surface area contributed by atoms with Crippen LogP contribution in [0.25, 0.3) is 10.9 Å². The first-order valence-corrected chi connectivity index (χ1v) is 7.85. The lowest BCUT2D eigenvalue weighted by atomic mass is 10.1. The molecule has 25 heavy (non-hydrogen) atoms. The van der Waals surface area contributed by atoms with Crippen molar-refractivity contribution in [2.45, 2.75) is 6.92 Å². The van der Waals surface area contributed by atoms with Crippen LogP contribution in [0.15, 0.2) is 42.5 Å². The average Bonchev–Trinajstić information content (AvgIpc) is 2.58. The van der Waals surface area contributed by atoms with Gasteiger partial charge < -0.3 is 10.1 Å². The number of hydrogen-bond acceptors (Lipinski definition) is 3. The number of benzene rings is 2. The number of anilines is 1. The zero-order valence-corrected chi connectivity index (χ0v) is 13.9. The first-order valence-electron chi connectivity index (χ1n) is 7.47. The zero-order valence-electron chi connectivity index (χ0n) is 13.1. The van der Waals surface area contributed by atoms with Crippen LogP contribution in [0.1, 0.15) is 17.4 Å². The molecule has 0 bridgehead atoms. The fraction of sp³-hybridized carbons (Fsp3) is 0.111. The van der Waals surface area contributed by atoms with Gasteiger partial charge in [0.15, 0.2) is 11.6 Å². The van der Waals surface area contributed by atoms with Crippen molar-refractivity contribution >= 4 is 34.1 Å². The molecule has 3 aromatic rings. The molecule has 1 aromatic heterocycles. The van der Waals surface area contributed by atoms with E-state index in [0.29, 0.717) is 28.3 Å². The minimum Gasteiger partial charge on any atom is -0.493 e. The first-order chi connectivity index (χ1) is 12.0. The Morgan fingerprint density at radius 3 is 2.68 bits per heavy atom. The predicted octanol–water partition coefficient (Wildman–Crippen LogP) is 4.82. The molecular formula is C18H13ClF2N2O2. The summed E-state index contributed by atoms with van der Waals surface area (Å²) in [6, 6.07) is 9.62. The summed E-state index contributed by atoms with van der Waals surface area (Å²) in [5.41, 5.74) is 0.744. The first kappa shape index (κ1) is 17.1. The molecule has 1 heterocycles. The Bertz CT molecular complexity index is 963. The Morgan fingerprint density at radius 2 is 1.96 bits per heavy atom. The van der Waals surface area contributed by atoms with Gasteiger partial charge in [0, 0.05) is 28.2 Å². The van der Waals surface area contributed by atoms with Crippen LogP contribution in [0.3, 0.4) is 0 Å². The number of hydrogen-bond donors (Lipinski definition) is 1. The number of fused-ring (bicyclic) bond motifs is 1. The highest BCUT2D eigenvalue weighted by molar-refractivity contribution is 6.31. The van der Waals surface area contributed by atoms with Crippen molar-refractivity contribution in [3.05, 3.63) is 64.8 Å². The van der Waals surface area contributed by atoms with Crippen LogP contribution in [0, 0.1) is 11.6 Å². The normalized spacial score (nSPS) is 10.7. The van der Waals surface area contributed by atoms with E-state index >= 15 is 0 Å². The predicted molar refractivity (Wildman–Crippen MR) is 92.2 cm³/mol. The highest BCUT2D eigenvalue weighted by Gasteiger charge is 2.14. The third-order valence-electron chi connectivity index (χ3n) is 3.44. The maximum absolute atomic E-state index is 13.3. The van der Waals surface area contributed by atoms with Crippen molar-refractivity contribution < 1.29 is 18.3 Å². The Labute approximate surface area is 147 Å². The molecule has 0 radical (unpaired) electrons. The summed E-state index contributed by atoms with van der Waals surface area (Å²) in [5.74, 6) is -2.14. The number of pyridine rings is 1. The van der Waals surface area contributed by atoms with Gasteiger partial charge in [-0.15, -0.1) is 0 Å². The number of carbonyl (C=O) groups excluding carboxylic acids is 1. The molecular weight excluding hydrogens is 350 g/mol. The van der Waals surface area contributed by atoms with E-state index in [9.17, 15) is 13.6 Å². The topological polar surface area (TPSA) is 51.2 Å². The second-order valence-electron chi connectivity index (χ2n) is 5.18. The lowest BCUT2D eigenvalue weighted by Crippen LogP contribution is -2.14. The van der Waals surface area contributed by atoms with Gasteiger partial charge in [0.2, 0.25) is 0 Å². The van der Waals surface area contributed by atoms with Crippen molar-refractivity contribution in [3.8, 4) is 5.75 Å². The number of aromatic nitrogens is 1. The quantitative estimate of drug-likeness (QED) is 0.724. The van der Waals surface area contributed by atoms with Gasteiger partial charge in [-0.2, -0.15) is 0 Å². The van der Waals surface area contributed by atoms with Crippen LogP contribution in [0.5, 0.6) is 5.75 Å². The van der Waals surface area contributed by atoms with E-state index in [-0.39, 0.29) is 11.4 Å². The van der Waals surface area contributed by atoms with E-state index in [2.05, 4.69) is 10.3 Å². The van der Waals surface area contributed by atoms with Gasteiger partial charge >= 0.3 is 0 Å². The number of rotatable bonds is 4. The molecule has 0 aliphatic rings. The van der Waals surface area contributed by atoms with Gasteiger partial charge in [0.1, 0.15) is 11.4 Å². The molecule has 2 aromatic carbocycles. The average molecular weight is 363 g/mol. The summed E-state index contributed by atoms with van der Waals surface area (Å²) in [6.07, 6.45) is 0. The lowest BCUT2D eigenvalue weighted by molar-refractivity contribution is 0.102. The molecule has 7 heteroatoms. The van der Waals surface area contributed by atoms with E-state index in [4.69, 9.17) is 16.3 Å². The second kappa shape index (κ2) is 7.03. The van der Waals surface area contributed by atoms with Crippen molar-refractivity contribution in [1.29, 1.82) is 0 Å². The molecule has 0 aliphatic heterocycles. The van der Waals surface area contributed by atoms with Crippen LogP contribution in [0.4, 0.5) is 14.5 Å². The fourth-order valence-corrected chi connectivity index (χ4v) is 2.50. The summed E-state index contributed by atoms with van der Waals surface area (Å²) in [7, 11) is 0. The summed E-state index contributed by atoms with van der Waals surface area (Å²) < 4.78 is 31.8. The molecule has 0 unspecified atom stereocenters. The van der Waals surface area contributed by atoms with Crippen LogP contribution in [-0.2, 0) is 0 Å². The van der Waals surface area contributed by atoms with Crippen LogP contribution in [0.2, 0.25) is 5.02 Å². The zero-order chi connectivity index (χ0) is 18.0. The van der Waals surface area contributed by atoms with Gasteiger partial charge in [-0.25, -0.2) is 13.8 Å². The molecule has 0 spiro atoms. The summed E-state index contributed by atoms with van der Waals surface area (Å²) in [6.45, 7) is 2.22. The van der Waals surface area contributed by atoms with E-state index in [1.807, 2.05) is 6.92 Å². The Hall–Kier alpha value is -2.73. The molecule has 1 amide bonds. The number of carbonyl (C=O) groups is 1. The van der Waals surface area contributed by atoms with Crippen LogP contribution in [-0.4, -0.2) is 17.5 Å². The van der Waals surface area contributed by atoms with Gasteiger partial charge in [-0.05, 0) is 37.3 Å². The number of halogens is 3. The maximum atomic E-state index is 13.3. The molecule has 3 rings (SSSR count). The molecule has 1 N–H and O–H groups in total. The largest absolute Gasteiger partial charge is 0.493 e. The molecule has 0 saturated carbocycles. The minimum absolute atomic E-state index is 0.0861. The maximum Gasteiger partial charge on any atom is 0.274 e. The second-order valence-corrected chi connectivity index (χ2v) is 5.62. The lowest BCUT2D eigenvalue weighted by Gasteiger charge is -2.11. The summed E-state index contributed by atoms with van der Waals surface area (Å²) in [5, 5.41) is 3.68. The molecule has 0 saturated heterocycles. The molecule has 4 nitrogen and oxygen atoms in total. The van der Waals surface area contributed by atoms with E-state index < -0.39 is 17.5 Å². The van der Waals surface area contributed by atoms with E-state index in [0.717, 1.165) is 12.1 Å². The number of amides is 1.